The lowest BCUT2D eigenvalue weighted by molar-refractivity contribution is -0.402. The fourth-order valence-electron chi connectivity index (χ4n) is 5.23. The van der Waals surface area contributed by atoms with Gasteiger partial charge in [0.15, 0.2) is 0 Å². The van der Waals surface area contributed by atoms with Gasteiger partial charge in [0, 0.05) is 24.6 Å². The number of imide groups is 3. The van der Waals surface area contributed by atoms with E-state index in [9.17, 15) is 29.6 Å². The second-order valence-corrected chi connectivity index (χ2v) is 7.88. The van der Waals surface area contributed by atoms with E-state index in [0.717, 1.165) is 5.57 Å². The summed E-state index contributed by atoms with van der Waals surface area (Å²) in [7, 11) is 0. The van der Waals surface area contributed by atoms with Crippen molar-refractivity contribution >= 4 is 23.7 Å². The van der Waals surface area contributed by atoms with Crippen molar-refractivity contribution in [3.05, 3.63) is 52.3 Å². The Morgan fingerprint density at radius 1 is 1.29 bits per heavy atom. The van der Waals surface area contributed by atoms with Crippen molar-refractivity contribution in [3.8, 4) is 0 Å². The first kappa shape index (κ1) is 20.9. The third-order valence-electron chi connectivity index (χ3n) is 6.35. The van der Waals surface area contributed by atoms with Crippen LogP contribution in [0.25, 0.3) is 0 Å². The second kappa shape index (κ2) is 7.75. The summed E-state index contributed by atoms with van der Waals surface area (Å²) in [5.74, 6) is -3.32. The maximum absolute atomic E-state index is 13.0. The Labute approximate surface area is 176 Å². The quantitative estimate of drug-likeness (QED) is 0.280. The number of nitrogens with two attached hydrogens (primary N) is 1. The average molecular weight is 430 g/mol. The van der Waals surface area contributed by atoms with Crippen molar-refractivity contribution < 1.29 is 28.8 Å². The number of fused-ring (bicyclic) bond motifs is 1. The number of hydrogen-bond acceptors (Lipinski definition) is 8. The molecular formula is C20H22N4O7. The molecule has 11 nitrogen and oxygen atoms in total. The molecule has 11 heteroatoms. The smallest absolute Gasteiger partial charge is 0.404 e. The standard InChI is InChI=1S/C20H22N4O7/c1-2-12-15-10(4-3-7-25)8-13(16-17(15)19(27)23(18(16)26)20(21)28)22(12)9-11-5-6-14(31-11)24(29)30/h2,5-6,8,12-13,15-17,25H,1,3-4,7,9H2,(H2,21,28). The fraction of sp³-hybridized carbons (Fsp3) is 0.450. The van der Waals surface area contributed by atoms with Crippen LogP contribution in [0.3, 0.4) is 0 Å². The van der Waals surface area contributed by atoms with Crippen LogP contribution in [0.4, 0.5) is 10.7 Å². The summed E-state index contributed by atoms with van der Waals surface area (Å²) in [5.41, 5.74) is 6.21. The second-order valence-electron chi connectivity index (χ2n) is 7.88. The van der Waals surface area contributed by atoms with Crippen LogP contribution in [0.1, 0.15) is 18.6 Å². The van der Waals surface area contributed by atoms with Gasteiger partial charge in [0.05, 0.1) is 24.4 Å². The molecule has 3 aliphatic heterocycles. The zero-order valence-electron chi connectivity index (χ0n) is 16.5. The number of urea groups is 1. The lowest BCUT2D eigenvalue weighted by atomic mass is 9.62. The normalized spacial score (nSPS) is 29.8. The number of nitrogens with zero attached hydrogens (tertiary/aromatic N) is 3. The van der Waals surface area contributed by atoms with Crippen molar-refractivity contribution in [2.24, 2.45) is 23.5 Å². The summed E-state index contributed by atoms with van der Waals surface area (Å²) in [5, 5.41) is 20.2. The summed E-state index contributed by atoms with van der Waals surface area (Å²) in [4.78, 5) is 50.5. The van der Waals surface area contributed by atoms with Crippen molar-refractivity contribution in [1.29, 1.82) is 0 Å². The first-order chi connectivity index (χ1) is 14.8. The van der Waals surface area contributed by atoms with Crippen LogP contribution >= 0.6 is 0 Å². The van der Waals surface area contributed by atoms with Gasteiger partial charge in [0.25, 0.3) is 0 Å². The van der Waals surface area contributed by atoms with Gasteiger partial charge in [-0.3, -0.25) is 24.6 Å². The minimum absolute atomic E-state index is 0.0261. The number of piperidine rings is 1. The fourth-order valence-corrected chi connectivity index (χ4v) is 5.23. The van der Waals surface area contributed by atoms with Gasteiger partial charge >= 0.3 is 11.9 Å². The SMILES string of the molecule is C=CC1C2C(CCCO)=CC(C3C(=O)N(C(N)=O)C(=O)C32)N1Cc1ccc([N+](=O)[O-])o1. The van der Waals surface area contributed by atoms with Crippen LogP contribution in [0, 0.1) is 27.9 Å². The number of rotatable bonds is 7. The molecule has 4 amide bonds. The van der Waals surface area contributed by atoms with Gasteiger partial charge in [-0.05, 0) is 18.9 Å². The average Bonchev–Trinajstić information content (AvgIpc) is 3.30. The Balaban J connectivity index is 1.74. The van der Waals surface area contributed by atoms with Gasteiger partial charge < -0.3 is 15.3 Å². The summed E-state index contributed by atoms with van der Waals surface area (Å²) < 4.78 is 5.29. The van der Waals surface area contributed by atoms with E-state index in [4.69, 9.17) is 10.2 Å². The van der Waals surface area contributed by atoms with Crippen LogP contribution < -0.4 is 5.73 Å². The summed E-state index contributed by atoms with van der Waals surface area (Å²) in [6, 6.07) is 0.704. The van der Waals surface area contributed by atoms with E-state index in [2.05, 4.69) is 6.58 Å². The highest BCUT2D eigenvalue weighted by atomic mass is 16.6. The molecule has 164 valence electrons. The molecule has 1 aliphatic carbocycles. The Bertz CT molecular complexity index is 999. The third kappa shape index (κ3) is 3.17. The molecule has 5 rings (SSSR count). The van der Waals surface area contributed by atoms with E-state index in [0.29, 0.717) is 23.5 Å². The van der Waals surface area contributed by atoms with E-state index < -0.39 is 52.4 Å². The lowest BCUT2D eigenvalue weighted by Crippen LogP contribution is -2.61. The molecule has 1 aromatic heterocycles. The van der Waals surface area contributed by atoms with Crippen LogP contribution in [0.5, 0.6) is 0 Å². The number of furan rings is 1. The van der Waals surface area contributed by atoms with Gasteiger partial charge in [0.1, 0.15) is 10.7 Å². The molecule has 5 unspecified atom stereocenters. The molecule has 0 spiro atoms. The number of nitro groups is 1. The summed E-state index contributed by atoms with van der Waals surface area (Å²) in [6.07, 6.45) is 4.59. The Morgan fingerprint density at radius 3 is 2.58 bits per heavy atom. The van der Waals surface area contributed by atoms with E-state index in [1.54, 1.807) is 6.08 Å². The number of amides is 4. The molecule has 0 saturated carbocycles. The molecule has 2 saturated heterocycles. The van der Waals surface area contributed by atoms with E-state index in [-0.39, 0.29) is 19.2 Å². The van der Waals surface area contributed by atoms with E-state index in [1.165, 1.54) is 12.1 Å². The van der Waals surface area contributed by atoms with Crippen molar-refractivity contribution in [2.45, 2.75) is 31.5 Å². The highest BCUT2D eigenvalue weighted by Gasteiger charge is 2.64. The van der Waals surface area contributed by atoms with Crippen molar-refractivity contribution in [2.75, 3.05) is 6.61 Å². The number of hydrogen-bond donors (Lipinski definition) is 2. The summed E-state index contributed by atoms with van der Waals surface area (Å²) >= 11 is 0. The Kier molecular flexibility index (Phi) is 5.23. The van der Waals surface area contributed by atoms with Crippen molar-refractivity contribution in [1.82, 2.24) is 9.80 Å². The van der Waals surface area contributed by atoms with Crippen LogP contribution in [0.2, 0.25) is 0 Å². The zero-order valence-corrected chi connectivity index (χ0v) is 16.5. The minimum Gasteiger partial charge on any atom is -0.404 e. The first-order valence-corrected chi connectivity index (χ1v) is 9.90. The van der Waals surface area contributed by atoms with Gasteiger partial charge in [0.2, 0.25) is 11.8 Å². The molecular weight excluding hydrogens is 408 g/mol. The number of carbonyl (C=O) groups is 3. The summed E-state index contributed by atoms with van der Waals surface area (Å²) in [6.45, 7) is 4.02. The minimum atomic E-state index is -1.11. The predicted octanol–water partition coefficient (Wildman–Crippen LogP) is 0.935. The Hall–Kier alpha value is -3.31. The molecule has 2 bridgehead atoms. The highest BCUT2D eigenvalue weighted by Crippen LogP contribution is 2.52. The predicted molar refractivity (Wildman–Crippen MR) is 105 cm³/mol. The van der Waals surface area contributed by atoms with Gasteiger partial charge in [-0.1, -0.05) is 17.7 Å². The largest absolute Gasteiger partial charge is 0.433 e. The molecule has 3 N–H and O–H groups in total. The topological polar surface area (TPSA) is 160 Å². The molecule has 4 heterocycles. The molecule has 5 atom stereocenters. The van der Waals surface area contributed by atoms with E-state index >= 15 is 0 Å². The maximum Gasteiger partial charge on any atom is 0.433 e. The first-order valence-electron chi connectivity index (χ1n) is 9.90. The highest BCUT2D eigenvalue weighted by molar-refractivity contribution is 6.17. The van der Waals surface area contributed by atoms with Gasteiger partial charge in [-0.15, -0.1) is 6.58 Å². The molecule has 0 radical (unpaired) electrons. The van der Waals surface area contributed by atoms with E-state index in [1.807, 2.05) is 11.0 Å². The molecule has 1 aromatic rings. The molecule has 0 aromatic carbocycles. The Morgan fingerprint density at radius 2 is 2.00 bits per heavy atom. The molecule has 2 fully saturated rings. The number of aliphatic hydroxyl groups is 1. The molecule has 31 heavy (non-hydrogen) atoms. The van der Waals surface area contributed by atoms with Gasteiger partial charge in [-0.25, -0.2) is 4.79 Å². The van der Waals surface area contributed by atoms with Gasteiger partial charge in [-0.2, -0.15) is 4.90 Å². The van der Waals surface area contributed by atoms with Crippen molar-refractivity contribution in [3.63, 3.8) is 0 Å². The number of carbonyl (C=O) groups excluding carboxylic acids is 3. The maximum atomic E-state index is 13.0. The number of primary amides is 1. The van der Waals surface area contributed by atoms with Crippen LogP contribution in [-0.4, -0.2) is 56.4 Å². The monoisotopic (exact) mass is 430 g/mol. The lowest BCUT2D eigenvalue weighted by Gasteiger charge is -2.53. The van der Waals surface area contributed by atoms with Crippen LogP contribution in [-0.2, 0) is 16.1 Å². The third-order valence-corrected chi connectivity index (χ3v) is 6.35. The number of aliphatic hydroxyl groups excluding tert-OH is 1. The van der Waals surface area contributed by atoms with Crippen LogP contribution in [0.15, 0.2) is 40.9 Å². The zero-order chi connectivity index (χ0) is 22.4. The number of likely N-dealkylation sites (tertiary alicyclic amines) is 1. The molecule has 4 aliphatic rings.